The first-order chi connectivity index (χ1) is 10.6. The van der Waals surface area contributed by atoms with E-state index in [0.29, 0.717) is 5.92 Å². The fourth-order valence-electron chi connectivity index (χ4n) is 2.99. The highest BCUT2D eigenvalue weighted by Crippen LogP contribution is 2.22. The molecule has 0 N–H and O–H groups in total. The number of hydrogen-bond acceptors (Lipinski definition) is 5. The number of piperidine rings is 1. The van der Waals surface area contributed by atoms with Gasteiger partial charge in [-0.15, -0.1) is 11.3 Å². The van der Waals surface area contributed by atoms with Gasteiger partial charge in [-0.1, -0.05) is 0 Å². The van der Waals surface area contributed by atoms with E-state index in [9.17, 15) is 4.79 Å². The van der Waals surface area contributed by atoms with Crippen LogP contribution in [0.2, 0.25) is 0 Å². The molecule has 2 aromatic rings. The van der Waals surface area contributed by atoms with E-state index in [1.165, 1.54) is 4.88 Å². The summed E-state index contributed by atoms with van der Waals surface area (Å²) in [4.78, 5) is 24.3. The molecule has 0 unspecified atom stereocenters. The maximum Gasteiger partial charge on any atom is 0.256 e. The van der Waals surface area contributed by atoms with Crippen LogP contribution in [0.5, 0.6) is 0 Å². The Bertz CT molecular complexity index is 685. The van der Waals surface area contributed by atoms with Crippen LogP contribution in [0.1, 0.15) is 28.3 Å². The van der Waals surface area contributed by atoms with Crippen LogP contribution in [0.25, 0.3) is 0 Å². The van der Waals surface area contributed by atoms with Crippen molar-refractivity contribution in [2.24, 2.45) is 5.92 Å². The molecule has 0 saturated carbocycles. The largest absolute Gasteiger partial charge is 0.299 e. The third-order valence-corrected chi connectivity index (χ3v) is 5.18. The molecule has 1 aliphatic heterocycles. The molecule has 0 amide bonds. The average Bonchev–Trinajstić information content (AvgIpc) is 2.91. The summed E-state index contributed by atoms with van der Waals surface area (Å²) in [7, 11) is 0. The highest BCUT2D eigenvalue weighted by atomic mass is 32.1. The maximum absolute atomic E-state index is 12.1. The number of likely N-dealkylation sites (tertiary alicyclic amines) is 1. The van der Waals surface area contributed by atoms with Gasteiger partial charge in [0.2, 0.25) is 0 Å². The molecule has 22 heavy (non-hydrogen) atoms. The summed E-state index contributed by atoms with van der Waals surface area (Å²) >= 11 is 1.78. The van der Waals surface area contributed by atoms with Crippen molar-refractivity contribution in [1.82, 2.24) is 19.4 Å². The summed E-state index contributed by atoms with van der Waals surface area (Å²) in [5.74, 6) is 0.570. The SMILES string of the molecule is Cc1ncc(CN2CCC(Cn3cncc(C)c3=O)CC2)s1. The third-order valence-electron chi connectivity index (χ3n) is 4.28. The highest BCUT2D eigenvalue weighted by molar-refractivity contribution is 7.11. The van der Waals surface area contributed by atoms with Gasteiger partial charge in [0.25, 0.3) is 5.56 Å². The molecule has 1 aliphatic rings. The number of hydrogen-bond donors (Lipinski definition) is 0. The Kier molecular flexibility index (Phi) is 4.69. The van der Waals surface area contributed by atoms with E-state index in [2.05, 4.69) is 14.9 Å². The van der Waals surface area contributed by atoms with Crippen LogP contribution in [-0.4, -0.2) is 32.5 Å². The van der Waals surface area contributed by atoms with Crippen molar-refractivity contribution in [3.05, 3.63) is 44.5 Å². The summed E-state index contributed by atoms with van der Waals surface area (Å²) in [6.07, 6.45) is 7.57. The van der Waals surface area contributed by atoms with Crippen LogP contribution >= 0.6 is 11.3 Å². The van der Waals surface area contributed by atoms with Gasteiger partial charge in [-0.25, -0.2) is 9.97 Å². The number of rotatable bonds is 4. The zero-order valence-electron chi connectivity index (χ0n) is 13.2. The van der Waals surface area contributed by atoms with Crippen LogP contribution < -0.4 is 5.56 Å². The van der Waals surface area contributed by atoms with E-state index in [1.54, 1.807) is 28.4 Å². The molecule has 0 radical (unpaired) electrons. The molecule has 1 fully saturated rings. The lowest BCUT2D eigenvalue weighted by molar-refractivity contribution is 0.167. The Morgan fingerprint density at radius 1 is 1.27 bits per heavy atom. The summed E-state index contributed by atoms with van der Waals surface area (Å²) in [6, 6.07) is 0. The van der Waals surface area contributed by atoms with Gasteiger partial charge in [0.05, 0.1) is 11.3 Å². The Morgan fingerprint density at radius 2 is 2.05 bits per heavy atom. The molecule has 0 aromatic carbocycles. The van der Waals surface area contributed by atoms with E-state index in [0.717, 1.165) is 49.6 Å². The van der Waals surface area contributed by atoms with Gasteiger partial charge < -0.3 is 0 Å². The molecular weight excluding hydrogens is 296 g/mol. The Labute approximate surface area is 134 Å². The third kappa shape index (κ3) is 3.62. The molecule has 2 aromatic heterocycles. The first-order valence-corrected chi connectivity index (χ1v) is 8.58. The minimum absolute atomic E-state index is 0.0950. The molecule has 0 atom stereocenters. The van der Waals surface area contributed by atoms with Crippen LogP contribution in [0.3, 0.4) is 0 Å². The minimum Gasteiger partial charge on any atom is -0.299 e. The first-order valence-electron chi connectivity index (χ1n) is 7.76. The van der Waals surface area contributed by atoms with Crippen molar-refractivity contribution in [3.8, 4) is 0 Å². The number of nitrogens with zero attached hydrogens (tertiary/aromatic N) is 4. The molecule has 0 aliphatic carbocycles. The van der Waals surface area contributed by atoms with E-state index in [4.69, 9.17) is 0 Å². The van der Waals surface area contributed by atoms with E-state index >= 15 is 0 Å². The average molecular weight is 318 g/mol. The lowest BCUT2D eigenvalue weighted by atomic mass is 9.96. The minimum atomic E-state index is 0.0950. The zero-order chi connectivity index (χ0) is 15.5. The van der Waals surface area contributed by atoms with Crippen molar-refractivity contribution < 1.29 is 0 Å². The first kappa shape index (κ1) is 15.4. The Hall–Kier alpha value is -1.53. The molecule has 0 spiro atoms. The van der Waals surface area contributed by atoms with Gasteiger partial charge in [-0.2, -0.15) is 0 Å². The zero-order valence-corrected chi connectivity index (χ0v) is 14.0. The lowest BCUT2D eigenvalue weighted by Gasteiger charge is -2.31. The van der Waals surface area contributed by atoms with Crippen molar-refractivity contribution in [3.63, 3.8) is 0 Å². The van der Waals surface area contributed by atoms with Crippen molar-refractivity contribution >= 4 is 11.3 Å². The van der Waals surface area contributed by atoms with Gasteiger partial charge >= 0.3 is 0 Å². The normalized spacial score (nSPS) is 17.0. The standard InChI is InChI=1S/C16H22N4OS/c1-12-7-17-11-20(16(12)21)9-14-3-5-19(6-4-14)10-15-8-18-13(2)22-15/h7-8,11,14H,3-6,9-10H2,1-2H3. The van der Waals surface area contributed by atoms with Crippen LogP contribution in [0.4, 0.5) is 0 Å². The quantitative estimate of drug-likeness (QED) is 0.867. The second-order valence-corrected chi connectivity index (χ2v) is 7.42. The fraction of sp³-hybridized carbons (Fsp3) is 0.562. The molecule has 118 valence electrons. The van der Waals surface area contributed by atoms with Gasteiger partial charge in [0, 0.05) is 35.9 Å². The predicted octanol–water partition coefficient (Wildman–Crippen LogP) is 2.23. The van der Waals surface area contributed by atoms with Crippen LogP contribution in [-0.2, 0) is 13.1 Å². The summed E-state index contributed by atoms with van der Waals surface area (Å²) < 4.78 is 1.77. The van der Waals surface area contributed by atoms with Crippen molar-refractivity contribution in [2.75, 3.05) is 13.1 Å². The molecule has 3 heterocycles. The molecular formula is C16H22N4OS. The van der Waals surface area contributed by atoms with Gasteiger partial charge in [-0.3, -0.25) is 14.3 Å². The van der Waals surface area contributed by atoms with Gasteiger partial charge in [0.1, 0.15) is 0 Å². The summed E-state index contributed by atoms with van der Waals surface area (Å²) in [5.41, 5.74) is 0.818. The topological polar surface area (TPSA) is 51.0 Å². The second kappa shape index (κ2) is 6.71. The van der Waals surface area contributed by atoms with E-state index in [-0.39, 0.29) is 5.56 Å². The second-order valence-electron chi connectivity index (χ2n) is 6.10. The number of thiazole rings is 1. The lowest BCUT2D eigenvalue weighted by Crippen LogP contribution is -2.36. The number of aromatic nitrogens is 3. The molecule has 5 nitrogen and oxygen atoms in total. The highest BCUT2D eigenvalue weighted by Gasteiger charge is 2.20. The predicted molar refractivity (Wildman–Crippen MR) is 88.1 cm³/mol. The molecule has 0 bridgehead atoms. The van der Waals surface area contributed by atoms with Crippen LogP contribution in [0, 0.1) is 19.8 Å². The Morgan fingerprint density at radius 3 is 2.73 bits per heavy atom. The summed E-state index contributed by atoms with van der Waals surface area (Å²) in [6.45, 7) is 7.86. The number of aryl methyl sites for hydroxylation is 2. The summed E-state index contributed by atoms with van der Waals surface area (Å²) in [5, 5.41) is 1.14. The molecule has 1 saturated heterocycles. The fourth-order valence-corrected chi connectivity index (χ4v) is 3.83. The molecule has 6 heteroatoms. The maximum atomic E-state index is 12.1. The van der Waals surface area contributed by atoms with Gasteiger partial charge in [0.15, 0.2) is 0 Å². The van der Waals surface area contributed by atoms with Gasteiger partial charge in [-0.05, 0) is 45.7 Å². The smallest absolute Gasteiger partial charge is 0.256 e. The van der Waals surface area contributed by atoms with E-state index in [1.807, 2.05) is 20.0 Å². The van der Waals surface area contributed by atoms with E-state index < -0.39 is 0 Å². The van der Waals surface area contributed by atoms with Crippen molar-refractivity contribution in [1.29, 1.82) is 0 Å². The monoisotopic (exact) mass is 318 g/mol. The van der Waals surface area contributed by atoms with Crippen LogP contribution in [0.15, 0.2) is 23.5 Å². The molecule has 3 rings (SSSR count). The van der Waals surface area contributed by atoms with Crippen molar-refractivity contribution in [2.45, 2.75) is 39.8 Å². The Balaban J connectivity index is 1.53.